The molecule has 0 radical (unpaired) electrons. The fourth-order valence-corrected chi connectivity index (χ4v) is 3.13. The van der Waals surface area contributed by atoms with Gasteiger partial charge in [0.25, 0.3) is 0 Å². The molecule has 2 N–H and O–H groups in total. The lowest BCUT2D eigenvalue weighted by Gasteiger charge is -2.28. The quantitative estimate of drug-likeness (QED) is 0.518. The van der Waals surface area contributed by atoms with E-state index in [9.17, 15) is 18.4 Å². The van der Waals surface area contributed by atoms with Gasteiger partial charge in [0.1, 0.15) is 5.69 Å². The average Bonchev–Trinajstić information content (AvgIpc) is 3.01. The van der Waals surface area contributed by atoms with Crippen molar-refractivity contribution >= 4 is 17.4 Å². The van der Waals surface area contributed by atoms with E-state index in [0.717, 1.165) is 30.2 Å². The molecule has 1 aliphatic rings. The summed E-state index contributed by atoms with van der Waals surface area (Å²) in [7, 11) is 0. The molecule has 2 aromatic carbocycles. The number of rotatable bonds is 1. The summed E-state index contributed by atoms with van der Waals surface area (Å²) in [6.07, 6.45) is 1.42. The lowest BCUT2D eigenvalue weighted by atomic mass is 10.0. The number of fused-ring (bicyclic) bond motifs is 1. The maximum absolute atomic E-state index is 13.9. The molecule has 2 heterocycles. The SMILES string of the molecule is Nc1ccc2c(c1)CCCN2C(=O)n1nnn(-c2c(F)cccc2F)c1=O. The summed E-state index contributed by atoms with van der Waals surface area (Å²) in [5.74, 6) is -1.98. The molecule has 1 amide bonds. The van der Waals surface area contributed by atoms with Gasteiger partial charge in [-0.2, -0.15) is 4.68 Å². The van der Waals surface area contributed by atoms with E-state index in [-0.39, 0.29) is 0 Å². The molecule has 1 aliphatic heterocycles. The maximum atomic E-state index is 13.9. The van der Waals surface area contributed by atoms with Crippen molar-refractivity contribution in [2.75, 3.05) is 17.2 Å². The lowest BCUT2D eigenvalue weighted by Crippen LogP contribution is -2.43. The average molecular weight is 372 g/mol. The van der Waals surface area contributed by atoms with Crippen molar-refractivity contribution in [2.45, 2.75) is 12.8 Å². The Hall–Kier alpha value is -3.56. The second-order valence-electron chi connectivity index (χ2n) is 6.08. The van der Waals surface area contributed by atoms with Gasteiger partial charge in [0.2, 0.25) is 0 Å². The highest BCUT2D eigenvalue weighted by molar-refractivity contribution is 5.94. The molecule has 0 aliphatic carbocycles. The van der Waals surface area contributed by atoms with Crippen LogP contribution in [0.2, 0.25) is 0 Å². The number of hydrogen-bond acceptors (Lipinski definition) is 5. The van der Waals surface area contributed by atoms with Crippen LogP contribution in [-0.2, 0) is 6.42 Å². The van der Waals surface area contributed by atoms with E-state index in [4.69, 9.17) is 5.73 Å². The number of amides is 1. The summed E-state index contributed by atoms with van der Waals surface area (Å²) in [6.45, 7) is 0.364. The number of carbonyl (C=O) groups is 1. The summed E-state index contributed by atoms with van der Waals surface area (Å²) < 4.78 is 28.8. The van der Waals surface area contributed by atoms with E-state index in [1.54, 1.807) is 18.2 Å². The normalized spacial score (nSPS) is 13.5. The van der Waals surface area contributed by atoms with Crippen molar-refractivity contribution in [2.24, 2.45) is 0 Å². The Morgan fingerprint density at radius 2 is 1.85 bits per heavy atom. The predicted octanol–water partition coefficient (Wildman–Crippen LogP) is 1.71. The Morgan fingerprint density at radius 3 is 2.59 bits per heavy atom. The first-order valence-corrected chi connectivity index (χ1v) is 8.17. The van der Waals surface area contributed by atoms with E-state index in [2.05, 4.69) is 10.4 Å². The van der Waals surface area contributed by atoms with Crippen LogP contribution in [0.4, 0.5) is 25.0 Å². The Labute approximate surface area is 151 Å². The Balaban J connectivity index is 1.76. The number of aromatic nitrogens is 4. The van der Waals surface area contributed by atoms with Gasteiger partial charge >= 0.3 is 11.7 Å². The van der Waals surface area contributed by atoms with Crippen LogP contribution >= 0.6 is 0 Å². The molecule has 0 bridgehead atoms. The van der Waals surface area contributed by atoms with Gasteiger partial charge in [0.05, 0.1) is 0 Å². The zero-order chi connectivity index (χ0) is 19.1. The number of tetrazole rings is 1. The van der Waals surface area contributed by atoms with Crippen LogP contribution in [0.15, 0.2) is 41.2 Å². The number of para-hydroxylation sites is 1. The van der Waals surface area contributed by atoms with Crippen molar-refractivity contribution in [3.8, 4) is 5.69 Å². The van der Waals surface area contributed by atoms with E-state index >= 15 is 0 Å². The smallest absolute Gasteiger partial charge is 0.377 e. The second-order valence-corrected chi connectivity index (χ2v) is 6.08. The number of carbonyl (C=O) groups excluding carboxylic acids is 1. The van der Waals surface area contributed by atoms with Gasteiger partial charge in [-0.05, 0) is 59.2 Å². The van der Waals surface area contributed by atoms with Crippen LogP contribution in [0.5, 0.6) is 0 Å². The molecule has 10 heteroatoms. The Bertz CT molecular complexity index is 1090. The fraction of sp³-hybridized carbons (Fsp3) is 0.176. The minimum Gasteiger partial charge on any atom is -0.399 e. The van der Waals surface area contributed by atoms with Crippen LogP contribution in [-0.4, -0.2) is 32.4 Å². The summed E-state index contributed by atoms with van der Waals surface area (Å²) in [5, 5.41) is 6.97. The van der Waals surface area contributed by atoms with Crippen LogP contribution in [0, 0.1) is 11.6 Å². The van der Waals surface area contributed by atoms with E-state index in [1.807, 2.05) is 0 Å². The number of nitrogens with two attached hydrogens (primary N) is 1. The van der Waals surface area contributed by atoms with Gasteiger partial charge in [-0.1, -0.05) is 6.07 Å². The molecular weight excluding hydrogens is 358 g/mol. The summed E-state index contributed by atoms with van der Waals surface area (Å²) in [6, 6.07) is 7.48. The molecule has 138 valence electrons. The van der Waals surface area contributed by atoms with Gasteiger partial charge in [-0.15, -0.1) is 4.68 Å². The molecular formula is C17H14F2N6O2. The minimum atomic E-state index is -1.06. The molecule has 0 saturated heterocycles. The molecule has 0 unspecified atom stereocenters. The number of benzene rings is 2. The number of nitrogens with zero attached hydrogens (tertiary/aromatic N) is 5. The number of nitrogen functional groups attached to an aromatic ring is 1. The standard InChI is InChI=1S/C17H14F2N6O2/c18-12-4-1-5-13(19)15(12)24-17(27)25(22-21-24)16(26)23-8-2-3-10-9-11(20)6-7-14(10)23/h1,4-7,9H,2-3,8,20H2. The topological polar surface area (TPSA) is 99.0 Å². The largest absolute Gasteiger partial charge is 0.399 e. The predicted molar refractivity (Wildman–Crippen MR) is 92.9 cm³/mol. The fourth-order valence-electron chi connectivity index (χ4n) is 3.13. The third-order valence-electron chi connectivity index (χ3n) is 4.36. The van der Waals surface area contributed by atoms with Gasteiger partial charge in [0, 0.05) is 17.9 Å². The van der Waals surface area contributed by atoms with Crippen molar-refractivity contribution in [1.29, 1.82) is 0 Å². The molecule has 1 aromatic heterocycles. The highest BCUT2D eigenvalue weighted by Gasteiger charge is 2.28. The Kier molecular flexibility index (Phi) is 3.94. The van der Waals surface area contributed by atoms with E-state index < -0.39 is 29.0 Å². The van der Waals surface area contributed by atoms with Crippen LogP contribution in [0.1, 0.15) is 12.0 Å². The zero-order valence-corrected chi connectivity index (χ0v) is 14.0. The van der Waals surface area contributed by atoms with Gasteiger partial charge in [-0.3, -0.25) is 4.90 Å². The lowest BCUT2D eigenvalue weighted by molar-refractivity contribution is 0.243. The number of hydrogen-bond donors (Lipinski definition) is 1. The highest BCUT2D eigenvalue weighted by Crippen LogP contribution is 2.29. The first-order chi connectivity index (χ1) is 13.0. The van der Waals surface area contributed by atoms with Crippen molar-refractivity contribution < 1.29 is 13.6 Å². The van der Waals surface area contributed by atoms with Gasteiger partial charge in [0.15, 0.2) is 11.6 Å². The molecule has 0 spiro atoms. The van der Waals surface area contributed by atoms with Crippen LogP contribution in [0.25, 0.3) is 5.69 Å². The number of aryl methyl sites for hydroxylation is 1. The maximum Gasteiger partial charge on any atom is 0.377 e. The summed E-state index contributed by atoms with van der Waals surface area (Å²) in [5.41, 5.74) is 6.08. The number of halogens is 2. The monoisotopic (exact) mass is 372 g/mol. The molecule has 0 saturated carbocycles. The molecule has 0 atom stereocenters. The molecule has 4 rings (SSSR count). The van der Waals surface area contributed by atoms with Crippen LogP contribution in [0.3, 0.4) is 0 Å². The summed E-state index contributed by atoms with van der Waals surface area (Å²) in [4.78, 5) is 26.7. The first kappa shape index (κ1) is 16.9. The molecule has 3 aromatic rings. The highest BCUT2D eigenvalue weighted by atomic mass is 19.1. The number of anilines is 2. The van der Waals surface area contributed by atoms with E-state index in [0.29, 0.717) is 33.7 Å². The molecule has 8 nitrogen and oxygen atoms in total. The first-order valence-electron chi connectivity index (χ1n) is 8.17. The second kappa shape index (κ2) is 6.31. The van der Waals surface area contributed by atoms with Crippen molar-refractivity contribution in [3.05, 3.63) is 64.1 Å². The van der Waals surface area contributed by atoms with Crippen LogP contribution < -0.4 is 16.3 Å². The molecule has 0 fully saturated rings. The zero-order valence-electron chi connectivity index (χ0n) is 14.0. The van der Waals surface area contributed by atoms with Gasteiger partial charge < -0.3 is 5.73 Å². The minimum absolute atomic E-state index is 0.364. The van der Waals surface area contributed by atoms with Gasteiger partial charge in [-0.25, -0.2) is 18.4 Å². The Morgan fingerprint density at radius 1 is 1.11 bits per heavy atom. The third kappa shape index (κ3) is 2.75. The van der Waals surface area contributed by atoms with E-state index in [1.165, 1.54) is 4.90 Å². The third-order valence-corrected chi connectivity index (χ3v) is 4.36. The summed E-state index contributed by atoms with van der Waals surface area (Å²) >= 11 is 0. The molecule has 27 heavy (non-hydrogen) atoms. The van der Waals surface area contributed by atoms with Crippen molar-refractivity contribution in [3.63, 3.8) is 0 Å². The van der Waals surface area contributed by atoms with Crippen molar-refractivity contribution in [1.82, 2.24) is 19.8 Å².